The lowest BCUT2D eigenvalue weighted by Gasteiger charge is -2.22. The van der Waals surface area contributed by atoms with Crippen LogP contribution in [0.4, 0.5) is 13.2 Å². The van der Waals surface area contributed by atoms with Crippen molar-refractivity contribution in [3.05, 3.63) is 32.7 Å². The molecular weight excluding hydrogens is 379 g/mol. The molecular formula is C11H10Br2F3NO. The van der Waals surface area contributed by atoms with E-state index in [1.54, 1.807) is 12.1 Å². The maximum atomic E-state index is 12.3. The zero-order valence-electron chi connectivity index (χ0n) is 9.39. The summed E-state index contributed by atoms with van der Waals surface area (Å²) in [6, 6.07) is 4.80. The quantitative estimate of drug-likeness (QED) is 0.758. The number of amides is 1. The molecule has 0 N–H and O–H groups in total. The van der Waals surface area contributed by atoms with Gasteiger partial charge >= 0.3 is 6.18 Å². The van der Waals surface area contributed by atoms with Crippen LogP contribution in [0.25, 0.3) is 0 Å². The molecule has 0 radical (unpaired) electrons. The minimum Gasteiger partial charge on any atom is -0.330 e. The summed E-state index contributed by atoms with van der Waals surface area (Å²) >= 11 is 6.34. The fourth-order valence-corrected chi connectivity index (χ4v) is 2.15. The number of nitrogens with zero attached hydrogens (tertiary/aromatic N) is 1. The lowest BCUT2D eigenvalue weighted by atomic mass is 10.2. The summed E-state index contributed by atoms with van der Waals surface area (Å²) in [6.45, 7) is 0.258. The van der Waals surface area contributed by atoms with E-state index in [4.69, 9.17) is 0 Å². The minimum absolute atomic E-state index is 0.00268. The van der Waals surface area contributed by atoms with Crippen molar-refractivity contribution in [1.82, 2.24) is 4.90 Å². The van der Waals surface area contributed by atoms with Gasteiger partial charge in [0.2, 0.25) is 0 Å². The Hall–Kier alpha value is -0.560. The van der Waals surface area contributed by atoms with E-state index in [2.05, 4.69) is 31.9 Å². The highest BCUT2D eigenvalue weighted by Gasteiger charge is 2.33. The standard InChI is InChI=1S/C11H10Br2F3NO/c1-2-17(6-11(14,15)16)10(18)8-5-7(12)3-4-9(8)13/h3-5H,2,6H2,1H3. The second-order valence-electron chi connectivity index (χ2n) is 3.56. The Bertz CT molecular complexity index is 448. The highest BCUT2D eigenvalue weighted by atomic mass is 79.9. The van der Waals surface area contributed by atoms with Gasteiger partial charge in [0.15, 0.2) is 0 Å². The summed E-state index contributed by atoms with van der Waals surface area (Å²) in [4.78, 5) is 12.8. The van der Waals surface area contributed by atoms with Gasteiger partial charge in [-0.2, -0.15) is 13.2 Å². The molecule has 0 bridgehead atoms. The molecule has 0 aromatic heterocycles. The van der Waals surface area contributed by atoms with Gasteiger partial charge in [-0.3, -0.25) is 4.79 Å². The highest BCUT2D eigenvalue weighted by Crippen LogP contribution is 2.24. The first-order chi connectivity index (χ1) is 8.24. The van der Waals surface area contributed by atoms with Gasteiger partial charge in [0.1, 0.15) is 6.54 Å². The average molecular weight is 389 g/mol. The fraction of sp³-hybridized carbons (Fsp3) is 0.364. The summed E-state index contributed by atoms with van der Waals surface area (Å²) in [7, 11) is 0. The number of carbonyl (C=O) groups is 1. The van der Waals surface area contributed by atoms with Crippen molar-refractivity contribution in [3.63, 3.8) is 0 Å². The van der Waals surface area contributed by atoms with E-state index in [1.807, 2.05) is 0 Å². The molecule has 7 heteroatoms. The van der Waals surface area contributed by atoms with Crippen LogP contribution in [0.2, 0.25) is 0 Å². The normalized spacial score (nSPS) is 11.4. The third-order valence-electron chi connectivity index (χ3n) is 2.20. The van der Waals surface area contributed by atoms with Crippen molar-refractivity contribution < 1.29 is 18.0 Å². The molecule has 0 heterocycles. The van der Waals surface area contributed by atoms with Gasteiger partial charge in [-0.1, -0.05) is 15.9 Å². The summed E-state index contributed by atoms with van der Waals surface area (Å²) in [5.41, 5.74) is 0.204. The lowest BCUT2D eigenvalue weighted by molar-refractivity contribution is -0.140. The molecule has 100 valence electrons. The van der Waals surface area contributed by atoms with Gasteiger partial charge in [-0.25, -0.2) is 0 Å². The second kappa shape index (κ2) is 6.06. The van der Waals surface area contributed by atoms with Crippen molar-refractivity contribution >= 4 is 37.8 Å². The maximum absolute atomic E-state index is 12.3. The van der Waals surface area contributed by atoms with Gasteiger partial charge < -0.3 is 4.90 Å². The van der Waals surface area contributed by atoms with E-state index in [9.17, 15) is 18.0 Å². The Labute approximate surface area is 119 Å². The summed E-state index contributed by atoms with van der Waals surface area (Å²) in [5, 5.41) is 0. The predicted octanol–water partition coefficient (Wildman–Crippen LogP) is 4.24. The number of carbonyl (C=O) groups excluding carboxylic acids is 1. The Morgan fingerprint density at radius 2 is 1.94 bits per heavy atom. The van der Waals surface area contributed by atoms with Crippen molar-refractivity contribution in [2.24, 2.45) is 0 Å². The topological polar surface area (TPSA) is 20.3 Å². The number of hydrogen-bond donors (Lipinski definition) is 0. The molecule has 2 nitrogen and oxygen atoms in total. The Balaban J connectivity index is 3.00. The van der Waals surface area contributed by atoms with E-state index in [0.717, 1.165) is 4.90 Å². The Morgan fingerprint density at radius 1 is 1.33 bits per heavy atom. The molecule has 0 fully saturated rings. The average Bonchev–Trinajstić information content (AvgIpc) is 2.27. The number of halogens is 5. The van der Waals surface area contributed by atoms with Crippen LogP contribution in [-0.2, 0) is 0 Å². The number of benzene rings is 1. The summed E-state index contributed by atoms with van der Waals surface area (Å²) in [6.07, 6.45) is -4.40. The third-order valence-corrected chi connectivity index (χ3v) is 3.38. The SMILES string of the molecule is CCN(CC(F)(F)F)C(=O)c1cc(Br)ccc1Br. The van der Waals surface area contributed by atoms with Crippen LogP contribution in [0, 0.1) is 0 Å². The first kappa shape index (κ1) is 15.5. The molecule has 0 unspecified atom stereocenters. The van der Waals surface area contributed by atoms with Crippen LogP contribution >= 0.6 is 31.9 Å². The molecule has 1 rings (SSSR count). The molecule has 1 aromatic rings. The van der Waals surface area contributed by atoms with Gasteiger partial charge in [-0.15, -0.1) is 0 Å². The first-order valence-corrected chi connectivity index (χ1v) is 6.64. The van der Waals surface area contributed by atoms with E-state index in [-0.39, 0.29) is 12.1 Å². The molecule has 18 heavy (non-hydrogen) atoms. The van der Waals surface area contributed by atoms with Gasteiger partial charge in [0, 0.05) is 15.5 Å². The van der Waals surface area contributed by atoms with Crippen LogP contribution in [-0.4, -0.2) is 30.1 Å². The molecule has 0 saturated carbocycles. The molecule has 0 aliphatic rings. The van der Waals surface area contributed by atoms with E-state index in [0.29, 0.717) is 8.95 Å². The lowest BCUT2D eigenvalue weighted by Crippen LogP contribution is -2.38. The molecule has 0 aliphatic heterocycles. The van der Waals surface area contributed by atoms with Crippen LogP contribution < -0.4 is 0 Å². The van der Waals surface area contributed by atoms with Crippen molar-refractivity contribution in [2.45, 2.75) is 13.1 Å². The maximum Gasteiger partial charge on any atom is 0.406 e. The molecule has 0 aliphatic carbocycles. The zero-order chi connectivity index (χ0) is 13.9. The van der Waals surface area contributed by atoms with Crippen LogP contribution in [0.5, 0.6) is 0 Å². The summed E-state index contributed by atoms with van der Waals surface area (Å²) < 4.78 is 38.1. The summed E-state index contributed by atoms with van der Waals surface area (Å²) in [5.74, 6) is -0.650. The van der Waals surface area contributed by atoms with Crippen molar-refractivity contribution in [3.8, 4) is 0 Å². The zero-order valence-corrected chi connectivity index (χ0v) is 12.6. The van der Waals surface area contributed by atoms with Crippen LogP contribution in [0.15, 0.2) is 27.1 Å². The van der Waals surface area contributed by atoms with E-state index < -0.39 is 18.6 Å². The molecule has 0 saturated heterocycles. The van der Waals surface area contributed by atoms with Crippen LogP contribution in [0.1, 0.15) is 17.3 Å². The molecule has 0 atom stereocenters. The van der Waals surface area contributed by atoms with E-state index in [1.165, 1.54) is 13.0 Å². The second-order valence-corrected chi connectivity index (χ2v) is 5.33. The van der Waals surface area contributed by atoms with E-state index >= 15 is 0 Å². The number of hydrogen-bond acceptors (Lipinski definition) is 1. The molecule has 1 aromatic carbocycles. The van der Waals surface area contributed by atoms with Crippen LogP contribution in [0.3, 0.4) is 0 Å². The molecule has 1 amide bonds. The Kier molecular flexibility index (Phi) is 5.21. The molecule has 0 spiro atoms. The highest BCUT2D eigenvalue weighted by molar-refractivity contribution is 9.11. The minimum atomic E-state index is -4.40. The van der Waals surface area contributed by atoms with Gasteiger partial charge in [0.05, 0.1) is 5.56 Å². The largest absolute Gasteiger partial charge is 0.406 e. The van der Waals surface area contributed by atoms with Gasteiger partial charge in [-0.05, 0) is 41.1 Å². The number of rotatable bonds is 3. The monoisotopic (exact) mass is 387 g/mol. The predicted molar refractivity (Wildman–Crippen MR) is 69.5 cm³/mol. The first-order valence-electron chi connectivity index (χ1n) is 5.05. The third kappa shape index (κ3) is 4.28. The van der Waals surface area contributed by atoms with Gasteiger partial charge in [0.25, 0.3) is 5.91 Å². The fourth-order valence-electron chi connectivity index (χ4n) is 1.38. The Morgan fingerprint density at radius 3 is 2.44 bits per heavy atom. The smallest absolute Gasteiger partial charge is 0.330 e. The number of alkyl halides is 3. The van der Waals surface area contributed by atoms with Crippen molar-refractivity contribution in [2.75, 3.05) is 13.1 Å². The van der Waals surface area contributed by atoms with Crippen molar-refractivity contribution in [1.29, 1.82) is 0 Å².